The number of anilines is 2. The lowest BCUT2D eigenvalue weighted by Crippen LogP contribution is -2.20. The number of aryl methyl sites for hydroxylation is 1. The highest BCUT2D eigenvalue weighted by atomic mass is 16.1. The quantitative estimate of drug-likeness (QED) is 0.552. The number of hydrogen-bond acceptors (Lipinski definition) is 2. The molecule has 16 heavy (non-hydrogen) atoms. The van der Waals surface area contributed by atoms with E-state index in [-0.39, 0.29) is 5.91 Å². The first-order valence-corrected chi connectivity index (χ1v) is 5.31. The standard InChI is InChI=1S/C13H14N2O/c1-2-3-4-9-7-11(14)8-10-5-6-12(16)15-13(9)10/h7-8H,4-6,14H2,1H3,(H,15,16). The number of rotatable bonds is 1. The van der Waals surface area contributed by atoms with Crippen LogP contribution < -0.4 is 11.1 Å². The number of carbonyl (C=O) groups excluding carboxylic acids is 1. The summed E-state index contributed by atoms with van der Waals surface area (Å²) < 4.78 is 0. The smallest absolute Gasteiger partial charge is 0.224 e. The molecule has 1 aliphatic heterocycles. The van der Waals surface area contributed by atoms with Crippen molar-refractivity contribution in [2.45, 2.75) is 26.2 Å². The molecule has 1 heterocycles. The highest BCUT2D eigenvalue weighted by Gasteiger charge is 2.17. The predicted molar refractivity (Wildman–Crippen MR) is 65.0 cm³/mol. The fourth-order valence-electron chi connectivity index (χ4n) is 1.93. The third kappa shape index (κ3) is 2.01. The summed E-state index contributed by atoms with van der Waals surface area (Å²) in [6.45, 7) is 1.80. The van der Waals surface area contributed by atoms with Crippen LogP contribution in [0, 0.1) is 11.8 Å². The predicted octanol–water partition coefficient (Wildman–Crippen LogP) is 1.72. The molecule has 82 valence electrons. The molecule has 1 aliphatic rings. The first-order valence-electron chi connectivity index (χ1n) is 5.31. The van der Waals surface area contributed by atoms with Crippen LogP contribution in [0.4, 0.5) is 11.4 Å². The molecule has 1 aromatic carbocycles. The second kappa shape index (κ2) is 4.28. The Morgan fingerprint density at radius 1 is 1.44 bits per heavy atom. The molecule has 0 fully saturated rings. The van der Waals surface area contributed by atoms with Crippen LogP contribution in [0.5, 0.6) is 0 Å². The maximum Gasteiger partial charge on any atom is 0.224 e. The second-order valence-electron chi connectivity index (χ2n) is 3.87. The maximum absolute atomic E-state index is 11.4. The third-order valence-corrected chi connectivity index (χ3v) is 2.67. The van der Waals surface area contributed by atoms with Crippen LogP contribution in [-0.2, 0) is 17.6 Å². The molecule has 1 aromatic rings. The number of fused-ring (bicyclic) bond motifs is 1. The van der Waals surface area contributed by atoms with E-state index in [0.29, 0.717) is 12.8 Å². The Balaban J connectivity index is 2.45. The van der Waals surface area contributed by atoms with E-state index in [1.165, 1.54) is 0 Å². The Bertz CT molecular complexity index is 495. The topological polar surface area (TPSA) is 55.1 Å². The minimum atomic E-state index is 0.0722. The van der Waals surface area contributed by atoms with Gasteiger partial charge in [0.1, 0.15) is 0 Å². The summed E-state index contributed by atoms with van der Waals surface area (Å²) in [5.74, 6) is 5.92. The number of nitrogen functional groups attached to an aromatic ring is 1. The van der Waals surface area contributed by atoms with Crippen molar-refractivity contribution in [3.8, 4) is 11.8 Å². The Kier molecular flexibility index (Phi) is 2.82. The summed E-state index contributed by atoms with van der Waals surface area (Å²) in [6, 6.07) is 3.81. The van der Waals surface area contributed by atoms with Crippen molar-refractivity contribution in [2.75, 3.05) is 11.1 Å². The van der Waals surface area contributed by atoms with Crippen molar-refractivity contribution < 1.29 is 4.79 Å². The first-order chi connectivity index (χ1) is 7.70. The van der Waals surface area contributed by atoms with Crippen LogP contribution in [0.3, 0.4) is 0 Å². The molecule has 0 saturated heterocycles. The monoisotopic (exact) mass is 214 g/mol. The molecular formula is C13H14N2O. The Morgan fingerprint density at radius 2 is 2.25 bits per heavy atom. The summed E-state index contributed by atoms with van der Waals surface area (Å²) in [5.41, 5.74) is 9.61. The van der Waals surface area contributed by atoms with Crippen LogP contribution in [0.1, 0.15) is 24.5 Å². The SMILES string of the molecule is CC#CCc1cc(N)cc2c1NC(=O)CC2. The Morgan fingerprint density at radius 3 is 3.00 bits per heavy atom. The van der Waals surface area contributed by atoms with Gasteiger partial charge in [-0.05, 0) is 36.6 Å². The van der Waals surface area contributed by atoms with Crippen molar-refractivity contribution in [3.63, 3.8) is 0 Å². The summed E-state index contributed by atoms with van der Waals surface area (Å²) in [7, 11) is 0. The maximum atomic E-state index is 11.4. The van der Waals surface area contributed by atoms with Gasteiger partial charge in [-0.15, -0.1) is 5.92 Å². The molecule has 3 nitrogen and oxygen atoms in total. The fourth-order valence-corrected chi connectivity index (χ4v) is 1.93. The van der Waals surface area contributed by atoms with E-state index in [0.717, 1.165) is 28.9 Å². The van der Waals surface area contributed by atoms with Gasteiger partial charge in [-0.25, -0.2) is 0 Å². The zero-order chi connectivity index (χ0) is 11.5. The number of benzene rings is 1. The lowest BCUT2D eigenvalue weighted by molar-refractivity contribution is -0.116. The van der Waals surface area contributed by atoms with E-state index < -0.39 is 0 Å². The molecule has 0 spiro atoms. The van der Waals surface area contributed by atoms with Crippen molar-refractivity contribution >= 4 is 17.3 Å². The van der Waals surface area contributed by atoms with E-state index in [4.69, 9.17) is 5.73 Å². The van der Waals surface area contributed by atoms with Gasteiger partial charge >= 0.3 is 0 Å². The zero-order valence-corrected chi connectivity index (χ0v) is 9.26. The Labute approximate surface area is 95.0 Å². The van der Waals surface area contributed by atoms with Gasteiger partial charge < -0.3 is 11.1 Å². The van der Waals surface area contributed by atoms with Crippen molar-refractivity contribution in [1.82, 2.24) is 0 Å². The highest BCUT2D eigenvalue weighted by Crippen LogP contribution is 2.29. The van der Waals surface area contributed by atoms with Crippen LogP contribution in [0.25, 0.3) is 0 Å². The fraction of sp³-hybridized carbons (Fsp3) is 0.308. The van der Waals surface area contributed by atoms with Crippen molar-refractivity contribution in [1.29, 1.82) is 0 Å². The lowest BCUT2D eigenvalue weighted by atomic mass is 9.96. The number of amides is 1. The van der Waals surface area contributed by atoms with Crippen LogP contribution in [0.15, 0.2) is 12.1 Å². The highest BCUT2D eigenvalue weighted by molar-refractivity contribution is 5.95. The average Bonchev–Trinajstić information content (AvgIpc) is 2.26. The van der Waals surface area contributed by atoms with Crippen LogP contribution >= 0.6 is 0 Å². The molecule has 3 heteroatoms. The van der Waals surface area contributed by atoms with Crippen LogP contribution in [0.2, 0.25) is 0 Å². The number of nitrogens with one attached hydrogen (secondary N) is 1. The van der Waals surface area contributed by atoms with Crippen molar-refractivity contribution in [2.24, 2.45) is 0 Å². The molecule has 0 atom stereocenters. The molecule has 0 radical (unpaired) electrons. The molecule has 0 unspecified atom stereocenters. The Hall–Kier alpha value is -1.95. The molecule has 2 rings (SSSR count). The van der Waals surface area contributed by atoms with Gasteiger partial charge in [-0.3, -0.25) is 4.79 Å². The second-order valence-corrected chi connectivity index (χ2v) is 3.87. The van der Waals surface area contributed by atoms with Gasteiger partial charge in [0.25, 0.3) is 0 Å². The average molecular weight is 214 g/mol. The number of carbonyl (C=O) groups is 1. The zero-order valence-electron chi connectivity index (χ0n) is 9.26. The summed E-state index contributed by atoms with van der Waals surface area (Å²) in [6.07, 6.45) is 1.93. The van der Waals surface area contributed by atoms with E-state index in [2.05, 4.69) is 17.2 Å². The van der Waals surface area contributed by atoms with Gasteiger partial charge in [0.15, 0.2) is 0 Å². The summed E-state index contributed by atoms with van der Waals surface area (Å²) in [5, 5.41) is 2.90. The van der Waals surface area contributed by atoms with Gasteiger partial charge in [0, 0.05) is 24.2 Å². The normalized spacial score (nSPS) is 13.4. The van der Waals surface area contributed by atoms with E-state index in [1.807, 2.05) is 12.1 Å². The summed E-state index contributed by atoms with van der Waals surface area (Å²) in [4.78, 5) is 11.4. The molecular weight excluding hydrogens is 200 g/mol. The molecule has 1 amide bonds. The van der Waals surface area contributed by atoms with Gasteiger partial charge in [-0.2, -0.15) is 0 Å². The minimum Gasteiger partial charge on any atom is -0.399 e. The summed E-state index contributed by atoms with van der Waals surface area (Å²) >= 11 is 0. The molecule has 0 aliphatic carbocycles. The molecule has 0 bridgehead atoms. The third-order valence-electron chi connectivity index (χ3n) is 2.67. The van der Waals surface area contributed by atoms with E-state index in [1.54, 1.807) is 6.92 Å². The first kappa shape index (κ1) is 10.6. The van der Waals surface area contributed by atoms with Gasteiger partial charge in [-0.1, -0.05) is 5.92 Å². The van der Waals surface area contributed by atoms with E-state index in [9.17, 15) is 4.79 Å². The lowest BCUT2D eigenvalue weighted by Gasteiger charge is -2.20. The largest absolute Gasteiger partial charge is 0.399 e. The number of nitrogens with two attached hydrogens (primary N) is 1. The minimum absolute atomic E-state index is 0.0722. The van der Waals surface area contributed by atoms with Gasteiger partial charge in [0.05, 0.1) is 0 Å². The van der Waals surface area contributed by atoms with Crippen molar-refractivity contribution in [3.05, 3.63) is 23.3 Å². The van der Waals surface area contributed by atoms with Gasteiger partial charge in [0.2, 0.25) is 5.91 Å². The molecule has 3 N–H and O–H groups in total. The molecule has 0 aromatic heterocycles. The van der Waals surface area contributed by atoms with Crippen LogP contribution in [-0.4, -0.2) is 5.91 Å². The molecule has 0 saturated carbocycles. The van der Waals surface area contributed by atoms with E-state index >= 15 is 0 Å². The number of hydrogen-bond donors (Lipinski definition) is 2.